The minimum absolute atomic E-state index is 0.213. The third-order valence-corrected chi connectivity index (χ3v) is 3.37. The molecule has 1 atom stereocenters. The first-order chi connectivity index (χ1) is 11.3. The fraction of sp³-hybridized carbons (Fsp3) is 0.176. The molecule has 126 valence electrons. The molecule has 2 amide bonds. The van der Waals surface area contributed by atoms with Crippen LogP contribution in [0.3, 0.4) is 0 Å². The average Bonchev–Trinajstić information content (AvgIpc) is 2.56. The molecule has 0 aliphatic heterocycles. The second kappa shape index (κ2) is 7.18. The van der Waals surface area contributed by atoms with Crippen LogP contribution in [-0.4, -0.2) is 23.5 Å². The van der Waals surface area contributed by atoms with Crippen molar-refractivity contribution in [1.82, 2.24) is 5.32 Å². The second-order valence-electron chi connectivity index (χ2n) is 5.40. The molecule has 0 fully saturated rings. The highest BCUT2D eigenvalue weighted by atomic mass is 19.1. The monoisotopic (exact) mass is 334 g/mol. The maximum absolute atomic E-state index is 13.4. The molecule has 0 saturated heterocycles. The maximum Gasteiger partial charge on any atom is 0.313 e. The molecule has 0 heterocycles. The van der Waals surface area contributed by atoms with Gasteiger partial charge in [-0.3, -0.25) is 9.59 Å². The number of benzene rings is 2. The smallest absolute Gasteiger partial charge is 0.313 e. The van der Waals surface area contributed by atoms with Crippen molar-refractivity contribution in [2.75, 3.05) is 11.9 Å². The highest BCUT2D eigenvalue weighted by Gasteiger charge is 2.25. The molecule has 2 aromatic carbocycles. The number of rotatable bonds is 4. The topological polar surface area (TPSA) is 78.4 Å². The Morgan fingerprint density at radius 3 is 2.38 bits per heavy atom. The number of amides is 2. The van der Waals surface area contributed by atoms with Crippen LogP contribution in [0.2, 0.25) is 0 Å². The van der Waals surface area contributed by atoms with Crippen molar-refractivity contribution in [2.24, 2.45) is 0 Å². The van der Waals surface area contributed by atoms with Gasteiger partial charge in [-0.2, -0.15) is 0 Å². The standard InChI is InChI=1S/C17H16F2N2O3/c1-17(24,11-5-3-2-4-6-11)10-20-15(22)16(23)21-14-8-7-12(18)9-13(14)19/h2-9,24H,10H2,1H3,(H,20,22)(H,21,23)/t17-/m0/s1. The molecule has 2 rings (SSSR count). The Kier molecular flexibility index (Phi) is 5.25. The molecule has 3 N–H and O–H groups in total. The van der Waals surface area contributed by atoms with E-state index in [9.17, 15) is 23.5 Å². The van der Waals surface area contributed by atoms with Crippen LogP contribution < -0.4 is 10.6 Å². The van der Waals surface area contributed by atoms with E-state index >= 15 is 0 Å². The molecule has 0 aliphatic rings. The Morgan fingerprint density at radius 1 is 1.08 bits per heavy atom. The van der Waals surface area contributed by atoms with Crippen molar-refractivity contribution in [1.29, 1.82) is 0 Å². The predicted molar refractivity (Wildman–Crippen MR) is 84.0 cm³/mol. The fourth-order valence-electron chi connectivity index (χ4n) is 2.00. The van der Waals surface area contributed by atoms with E-state index in [-0.39, 0.29) is 12.2 Å². The van der Waals surface area contributed by atoms with E-state index in [0.717, 1.165) is 12.1 Å². The summed E-state index contributed by atoms with van der Waals surface area (Å²) in [7, 11) is 0. The van der Waals surface area contributed by atoms with Crippen LogP contribution in [0, 0.1) is 11.6 Å². The molecule has 0 aromatic heterocycles. The van der Waals surface area contributed by atoms with Gasteiger partial charge in [0.15, 0.2) is 0 Å². The van der Waals surface area contributed by atoms with Gasteiger partial charge in [-0.05, 0) is 24.6 Å². The largest absolute Gasteiger partial charge is 0.384 e. The lowest BCUT2D eigenvalue weighted by Gasteiger charge is -2.24. The molecule has 7 heteroatoms. The number of halogens is 2. The van der Waals surface area contributed by atoms with E-state index < -0.39 is 29.0 Å². The Balaban J connectivity index is 1.95. The van der Waals surface area contributed by atoms with Crippen molar-refractivity contribution in [3.63, 3.8) is 0 Å². The molecule has 0 unspecified atom stereocenters. The lowest BCUT2D eigenvalue weighted by atomic mass is 9.96. The van der Waals surface area contributed by atoms with Crippen molar-refractivity contribution < 1.29 is 23.5 Å². The van der Waals surface area contributed by atoms with Crippen LogP contribution in [0.15, 0.2) is 48.5 Å². The van der Waals surface area contributed by atoms with Crippen LogP contribution in [-0.2, 0) is 15.2 Å². The van der Waals surface area contributed by atoms with Crippen LogP contribution in [0.4, 0.5) is 14.5 Å². The van der Waals surface area contributed by atoms with Crippen LogP contribution in [0.1, 0.15) is 12.5 Å². The molecule has 0 radical (unpaired) electrons. The van der Waals surface area contributed by atoms with Gasteiger partial charge in [0, 0.05) is 6.07 Å². The lowest BCUT2D eigenvalue weighted by molar-refractivity contribution is -0.136. The van der Waals surface area contributed by atoms with E-state index in [2.05, 4.69) is 5.32 Å². The van der Waals surface area contributed by atoms with Crippen molar-refractivity contribution in [3.8, 4) is 0 Å². The summed E-state index contributed by atoms with van der Waals surface area (Å²) in [6.07, 6.45) is 0. The third-order valence-electron chi connectivity index (χ3n) is 3.37. The second-order valence-corrected chi connectivity index (χ2v) is 5.40. The molecule has 2 aromatic rings. The van der Waals surface area contributed by atoms with Gasteiger partial charge in [0.25, 0.3) is 0 Å². The number of nitrogens with one attached hydrogen (secondary N) is 2. The minimum atomic E-state index is -1.38. The van der Waals surface area contributed by atoms with E-state index in [4.69, 9.17) is 0 Å². The predicted octanol–water partition coefficient (Wildman–Crippen LogP) is 1.93. The number of hydrogen-bond donors (Lipinski definition) is 3. The van der Waals surface area contributed by atoms with Gasteiger partial charge in [-0.1, -0.05) is 30.3 Å². The molecule has 0 saturated carbocycles. The first kappa shape index (κ1) is 17.6. The normalized spacial score (nSPS) is 13.0. The summed E-state index contributed by atoms with van der Waals surface area (Å²) in [5.41, 5.74) is -1.13. The lowest BCUT2D eigenvalue weighted by Crippen LogP contribution is -2.43. The number of carbonyl (C=O) groups is 2. The quantitative estimate of drug-likeness (QED) is 0.748. The third kappa shape index (κ3) is 4.36. The summed E-state index contributed by atoms with van der Waals surface area (Å²) in [6, 6.07) is 11.2. The average molecular weight is 334 g/mol. The Hall–Kier alpha value is -2.80. The van der Waals surface area contributed by atoms with Gasteiger partial charge in [0.05, 0.1) is 12.2 Å². The van der Waals surface area contributed by atoms with Gasteiger partial charge in [0.2, 0.25) is 0 Å². The first-order valence-electron chi connectivity index (χ1n) is 7.12. The molecule has 0 bridgehead atoms. The zero-order chi connectivity index (χ0) is 17.7. The van der Waals surface area contributed by atoms with E-state index in [0.29, 0.717) is 11.6 Å². The SMILES string of the molecule is C[C@](O)(CNC(=O)C(=O)Nc1ccc(F)cc1F)c1ccccc1. The van der Waals surface area contributed by atoms with Gasteiger partial charge in [-0.25, -0.2) is 8.78 Å². The van der Waals surface area contributed by atoms with Crippen molar-refractivity contribution in [2.45, 2.75) is 12.5 Å². The summed E-state index contributed by atoms with van der Waals surface area (Å²) in [6.45, 7) is 1.27. The van der Waals surface area contributed by atoms with Gasteiger partial charge in [-0.15, -0.1) is 0 Å². The Labute approximate surface area is 137 Å². The highest BCUT2D eigenvalue weighted by molar-refractivity contribution is 6.39. The maximum atomic E-state index is 13.4. The number of anilines is 1. The summed E-state index contributed by atoms with van der Waals surface area (Å²) >= 11 is 0. The molecular weight excluding hydrogens is 318 g/mol. The molecule has 24 heavy (non-hydrogen) atoms. The van der Waals surface area contributed by atoms with E-state index in [1.165, 1.54) is 6.92 Å². The number of aliphatic hydroxyl groups is 1. The molecule has 0 spiro atoms. The summed E-state index contributed by atoms with van der Waals surface area (Å²) < 4.78 is 26.2. The molecular formula is C17H16F2N2O3. The van der Waals surface area contributed by atoms with Crippen LogP contribution in [0.25, 0.3) is 0 Å². The van der Waals surface area contributed by atoms with E-state index in [1.807, 2.05) is 5.32 Å². The van der Waals surface area contributed by atoms with Crippen LogP contribution >= 0.6 is 0 Å². The summed E-state index contributed by atoms with van der Waals surface area (Å²) in [5, 5.41) is 14.6. The van der Waals surface area contributed by atoms with Crippen LogP contribution in [0.5, 0.6) is 0 Å². The van der Waals surface area contributed by atoms with Gasteiger partial charge < -0.3 is 15.7 Å². The number of carbonyl (C=O) groups excluding carboxylic acids is 2. The zero-order valence-electron chi connectivity index (χ0n) is 12.8. The first-order valence-corrected chi connectivity index (χ1v) is 7.12. The number of hydrogen-bond acceptors (Lipinski definition) is 3. The summed E-state index contributed by atoms with van der Waals surface area (Å²) in [5.74, 6) is -3.96. The molecule has 0 aliphatic carbocycles. The molecule has 5 nitrogen and oxygen atoms in total. The Bertz CT molecular complexity index is 749. The highest BCUT2D eigenvalue weighted by Crippen LogP contribution is 2.19. The minimum Gasteiger partial charge on any atom is -0.384 e. The van der Waals surface area contributed by atoms with Crippen molar-refractivity contribution in [3.05, 3.63) is 65.7 Å². The Morgan fingerprint density at radius 2 is 1.75 bits per heavy atom. The van der Waals surface area contributed by atoms with E-state index in [1.54, 1.807) is 30.3 Å². The van der Waals surface area contributed by atoms with Crippen molar-refractivity contribution >= 4 is 17.5 Å². The van der Waals surface area contributed by atoms with Gasteiger partial charge in [0.1, 0.15) is 17.2 Å². The zero-order valence-corrected chi connectivity index (χ0v) is 12.8. The fourth-order valence-corrected chi connectivity index (χ4v) is 2.00. The van der Waals surface area contributed by atoms with Gasteiger partial charge >= 0.3 is 11.8 Å². The summed E-state index contributed by atoms with van der Waals surface area (Å²) in [4.78, 5) is 23.5.